The molecule has 2 heterocycles. The third kappa shape index (κ3) is 4.62. The first kappa shape index (κ1) is 19.6. The van der Waals surface area contributed by atoms with Crippen LogP contribution in [0.1, 0.15) is 29.3 Å². The van der Waals surface area contributed by atoms with Crippen LogP contribution in [0.5, 0.6) is 0 Å². The molecule has 0 spiro atoms. The average molecular weight is 458 g/mol. The first-order valence-electron chi connectivity index (χ1n) is 9.65. The van der Waals surface area contributed by atoms with Gasteiger partial charge in [-0.3, -0.25) is 9.69 Å². The molecule has 1 amide bonds. The Bertz CT molecular complexity index is 915. The number of halogens is 1. The van der Waals surface area contributed by atoms with Crippen molar-refractivity contribution in [1.29, 1.82) is 0 Å². The van der Waals surface area contributed by atoms with Gasteiger partial charge in [-0.05, 0) is 55.8 Å². The van der Waals surface area contributed by atoms with Crippen LogP contribution in [-0.4, -0.2) is 47.4 Å². The Morgan fingerprint density at radius 1 is 1.18 bits per heavy atom. The highest BCUT2D eigenvalue weighted by atomic mass is 79.9. The van der Waals surface area contributed by atoms with Gasteiger partial charge in [-0.15, -0.1) is 11.3 Å². The van der Waals surface area contributed by atoms with E-state index in [1.807, 2.05) is 41.5 Å². The normalized spacial score (nSPS) is 15.8. The lowest BCUT2D eigenvalue weighted by atomic mass is 9.97. The number of likely N-dealkylation sites (tertiary alicyclic amines) is 1. The maximum atomic E-state index is 12.6. The molecular weight excluding hydrogens is 434 g/mol. The van der Waals surface area contributed by atoms with Crippen LogP contribution < -0.4 is 0 Å². The molecule has 1 aliphatic heterocycles. The highest BCUT2D eigenvalue weighted by molar-refractivity contribution is 9.10. The Labute approximate surface area is 178 Å². The largest absolute Gasteiger partial charge is 0.340 e. The lowest BCUT2D eigenvalue weighted by Gasteiger charge is -2.31. The number of thiazole rings is 1. The number of carbonyl (C=O) groups is 1. The zero-order chi connectivity index (χ0) is 19.5. The summed E-state index contributed by atoms with van der Waals surface area (Å²) in [6, 6.07) is 16.5. The number of fused-ring (bicyclic) bond motifs is 1. The first-order valence-corrected chi connectivity index (χ1v) is 11.3. The number of nitrogens with zero attached hydrogens (tertiary/aromatic N) is 3. The Kier molecular flexibility index (Phi) is 6.09. The molecule has 0 saturated carbocycles. The van der Waals surface area contributed by atoms with Crippen molar-refractivity contribution in [3.63, 3.8) is 0 Å². The maximum Gasteiger partial charge on any atom is 0.236 e. The van der Waals surface area contributed by atoms with Gasteiger partial charge in [0.2, 0.25) is 5.91 Å². The maximum absolute atomic E-state index is 12.6. The van der Waals surface area contributed by atoms with Crippen LogP contribution in [-0.2, 0) is 11.3 Å². The zero-order valence-corrected chi connectivity index (χ0v) is 18.4. The van der Waals surface area contributed by atoms with Crippen LogP contribution in [0.3, 0.4) is 0 Å². The van der Waals surface area contributed by atoms with Crippen molar-refractivity contribution in [3.05, 3.63) is 63.6 Å². The summed E-state index contributed by atoms with van der Waals surface area (Å²) in [6.45, 7) is 3.06. The van der Waals surface area contributed by atoms with E-state index in [9.17, 15) is 4.79 Å². The first-order chi connectivity index (χ1) is 13.6. The van der Waals surface area contributed by atoms with E-state index in [0.717, 1.165) is 41.5 Å². The van der Waals surface area contributed by atoms with Gasteiger partial charge in [-0.2, -0.15) is 0 Å². The summed E-state index contributed by atoms with van der Waals surface area (Å²) >= 11 is 5.26. The molecule has 4 nitrogen and oxygen atoms in total. The van der Waals surface area contributed by atoms with E-state index in [0.29, 0.717) is 19.0 Å². The number of rotatable bonds is 5. The van der Waals surface area contributed by atoms with Crippen LogP contribution in [0.4, 0.5) is 0 Å². The van der Waals surface area contributed by atoms with E-state index in [-0.39, 0.29) is 5.91 Å². The minimum atomic E-state index is 0.182. The van der Waals surface area contributed by atoms with Gasteiger partial charge in [0.15, 0.2) is 0 Å². The zero-order valence-electron chi connectivity index (χ0n) is 16.0. The third-order valence-corrected chi connectivity index (χ3v) is 7.09. The minimum Gasteiger partial charge on any atom is -0.340 e. The van der Waals surface area contributed by atoms with Crippen molar-refractivity contribution in [2.45, 2.75) is 25.3 Å². The third-order valence-electron chi connectivity index (χ3n) is 5.36. The fourth-order valence-electron chi connectivity index (χ4n) is 3.67. The van der Waals surface area contributed by atoms with Crippen LogP contribution >= 0.6 is 27.3 Å². The fourth-order valence-corrected chi connectivity index (χ4v) is 5.07. The topological polar surface area (TPSA) is 36.4 Å². The van der Waals surface area contributed by atoms with Gasteiger partial charge in [0.25, 0.3) is 0 Å². The number of hydrogen-bond donors (Lipinski definition) is 0. The van der Waals surface area contributed by atoms with Gasteiger partial charge in [0.1, 0.15) is 0 Å². The number of amides is 1. The quantitative estimate of drug-likeness (QED) is 0.546. The molecule has 1 aromatic heterocycles. The van der Waals surface area contributed by atoms with E-state index >= 15 is 0 Å². The van der Waals surface area contributed by atoms with E-state index in [1.54, 1.807) is 0 Å². The van der Waals surface area contributed by atoms with E-state index in [1.165, 1.54) is 9.71 Å². The Morgan fingerprint density at radius 2 is 1.89 bits per heavy atom. The summed E-state index contributed by atoms with van der Waals surface area (Å²) in [6.07, 6.45) is 2.15. The van der Waals surface area contributed by atoms with Crippen LogP contribution in [0.25, 0.3) is 10.2 Å². The summed E-state index contributed by atoms with van der Waals surface area (Å²) in [5.74, 6) is 0.700. The standard InChI is InChI=1S/C22H24BrN3OS/c1-25(14-16-6-8-18(23)9-7-16)21(27)15-26-12-10-17(11-13-26)22-24-19-4-2-3-5-20(19)28-22/h2-9,17H,10-15H2,1H3. The predicted octanol–water partition coefficient (Wildman–Crippen LogP) is 4.90. The molecule has 146 valence electrons. The van der Waals surface area contributed by atoms with Gasteiger partial charge < -0.3 is 4.90 Å². The second-order valence-electron chi connectivity index (χ2n) is 7.45. The molecule has 0 aliphatic carbocycles. The Balaban J connectivity index is 1.28. The Morgan fingerprint density at radius 3 is 2.61 bits per heavy atom. The number of para-hydroxylation sites is 1. The second kappa shape index (κ2) is 8.72. The Hall–Kier alpha value is -1.76. The molecule has 0 atom stereocenters. The number of piperidine rings is 1. The molecule has 28 heavy (non-hydrogen) atoms. The SMILES string of the molecule is CN(Cc1ccc(Br)cc1)C(=O)CN1CCC(c2nc3ccccc3s2)CC1. The van der Waals surface area contributed by atoms with E-state index in [4.69, 9.17) is 4.98 Å². The van der Waals surface area contributed by atoms with Crippen molar-refractivity contribution in [1.82, 2.24) is 14.8 Å². The van der Waals surface area contributed by atoms with Gasteiger partial charge in [-0.1, -0.05) is 40.2 Å². The number of hydrogen-bond acceptors (Lipinski definition) is 4. The molecule has 0 radical (unpaired) electrons. The smallest absolute Gasteiger partial charge is 0.236 e. The molecule has 6 heteroatoms. The summed E-state index contributed by atoms with van der Waals surface area (Å²) < 4.78 is 2.32. The number of aromatic nitrogens is 1. The predicted molar refractivity (Wildman–Crippen MR) is 119 cm³/mol. The number of carbonyl (C=O) groups excluding carboxylic acids is 1. The highest BCUT2D eigenvalue weighted by Gasteiger charge is 2.25. The average Bonchev–Trinajstić information content (AvgIpc) is 3.14. The molecule has 1 fully saturated rings. The summed E-state index contributed by atoms with van der Waals surface area (Å²) in [7, 11) is 1.89. The summed E-state index contributed by atoms with van der Waals surface area (Å²) in [4.78, 5) is 21.5. The molecule has 0 N–H and O–H groups in total. The molecule has 2 aromatic carbocycles. The molecular formula is C22H24BrN3OS. The van der Waals surface area contributed by atoms with Crippen LogP contribution in [0.15, 0.2) is 53.0 Å². The van der Waals surface area contributed by atoms with Crippen molar-refractivity contribution in [2.75, 3.05) is 26.7 Å². The van der Waals surface area contributed by atoms with E-state index in [2.05, 4.69) is 51.2 Å². The molecule has 1 aliphatic rings. The minimum absolute atomic E-state index is 0.182. The molecule has 4 rings (SSSR count). The van der Waals surface area contributed by atoms with Crippen molar-refractivity contribution in [3.8, 4) is 0 Å². The van der Waals surface area contributed by atoms with Crippen LogP contribution in [0.2, 0.25) is 0 Å². The molecule has 3 aromatic rings. The van der Waals surface area contributed by atoms with Crippen molar-refractivity contribution >= 4 is 43.4 Å². The molecule has 0 unspecified atom stereocenters. The highest BCUT2D eigenvalue weighted by Crippen LogP contribution is 2.33. The monoisotopic (exact) mass is 457 g/mol. The molecule has 0 bridgehead atoms. The fraction of sp³-hybridized carbons (Fsp3) is 0.364. The van der Waals surface area contributed by atoms with Gasteiger partial charge in [0, 0.05) is 24.0 Å². The van der Waals surface area contributed by atoms with Crippen molar-refractivity contribution in [2.24, 2.45) is 0 Å². The van der Waals surface area contributed by atoms with Gasteiger partial charge in [-0.25, -0.2) is 4.98 Å². The van der Waals surface area contributed by atoms with Gasteiger partial charge in [0.05, 0.1) is 21.8 Å². The number of likely N-dealkylation sites (N-methyl/N-ethyl adjacent to an activating group) is 1. The van der Waals surface area contributed by atoms with Crippen molar-refractivity contribution < 1.29 is 4.79 Å². The number of benzene rings is 2. The lowest BCUT2D eigenvalue weighted by Crippen LogP contribution is -2.41. The second-order valence-corrected chi connectivity index (χ2v) is 9.42. The van der Waals surface area contributed by atoms with Gasteiger partial charge >= 0.3 is 0 Å². The summed E-state index contributed by atoms with van der Waals surface area (Å²) in [5.41, 5.74) is 2.25. The summed E-state index contributed by atoms with van der Waals surface area (Å²) in [5, 5.41) is 1.25. The lowest BCUT2D eigenvalue weighted by molar-refractivity contribution is -0.131. The van der Waals surface area contributed by atoms with E-state index < -0.39 is 0 Å². The van der Waals surface area contributed by atoms with Crippen LogP contribution in [0, 0.1) is 0 Å². The molecule has 1 saturated heterocycles.